The molecule has 2 aliphatic carbocycles. The Kier molecular flexibility index (Phi) is 12.2. The minimum Gasteiger partial charge on any atom is -0.396 e. The third kappa shape index (κ3) is 7.04. The van der Waals surface area contributed by atoms with Crippen LogP contribution in [0.4, 0.5) is 0 Å². The van der Waals surface area contributed by atoms with E-state index in [1.807, 2.05) is 25.2 Å². The van der Waals surface area contributed by atoms with Crippen molar-refractivity contribution in [2.24, 2.45) is 23.2 Å². The zero-order valence-electron chi connectivity index (χ0n) is 23.9. The first kappa shape index (κ1) is 32.4. The van der Waals surface area contributed by atoms with Crippen LogP contribution in [0.5, 0.6) is 0 Å². The first-order valence-electron chi connectivity index (χ1n) is 14.4. The van der Waals surface area contributed by atoms with Gasteiger partial charge in [-0.3, -0.25) is 4.79 Å². The van der Waals surface area contributed by atoms with Crippen molar-refractivity contribution in [2.45, 2.75) is 83.8 Å². The molecular weight excluding hydrogens is 528 g/mol. The van der Waals surface area contributed by atoms with Crippen LogP contribution in [0, 0.1) is 23.2 Å². The van der Waals surface area contributed by atoms with E-state index in [0.29, 0.717) is 38.5 Å². The van der Waals surface area contributed by atoms with Crippen LogP contribution in [-0.2, 0) is 4.79 Å². The highest BCUT2D eigenvalue weighted by atomic mass is 33.1. The lowest BCUT2D eigenvalue weighted by molar-refractivity contribution is -0.184. The maximum Gasteiger partial charge on any atom is 0.146 e. The van der Waals surface area contributed by atoms with Gasteiger partial charge in [-0.15, -0.1) is 0 Å². The fraction of sp³-hybridized carbons (Fsp3) is 0.656. The molecule has 39 heavy (non-hydrogen) atoms. The average molecular weight is 577 g/mol. The van der Waals surface area contributed by atoms with Crippen molar-refractivity contribution in [2.75, 3.05) is 24.7 Å². The molecule has 0 saturated heterocycles. The highest BCUT2D eigenvalue weighted by Gasteiger charge is 2.68. The number of aldehydes is 1. The first-order valence-corrected chi connectivity index (χ1v) is 16.8. The van der Waals surface area contributed by atoms with Gasteiger partial charge in [0.25, 0.3) is 0 Å². The fourth-order valence-corrected chi connectivity index (χ4v) is 9.88. The van der Waals surface area contributed by atoms with Gasteiger partial charge in [0, 0.05) is 29.4 Å². The van der Waals surface area contributed by atoms with Gasteiger partial charge in [0.15, 0.2) is 0 Å². The third-order valence-electron chi connectivity index (χ3n) is 9.23. The van der Waals surface area contributed by atoms with E-state index in [9.17, 15) is 25.2 Å². The van der Waals surface area contributed by atoms with Gasteiger partial charge in [0.05, 0.1) is 18.3 Å². The van der Waals surface area contributed by atoms with Gasteiger partial charge in [0.1, 0.15) is 6.29 Å². The molecule has 7 heteroatoms. The Morgan fingerprint density at radius 3 is 2.64 bits per heavy atom. The topological polar surface area (TPSA) is 98.0 Å². The van der Waals surface area contributed by atoms with Crippen molar-refractivity contribution in [3.8, 4) is 0 Å². The number of aliphatic hydroxyl groups excluding tert-OH is 3. The van der Waals surface area contributed by atoms with Crippen molar-refractivity contribution in [3.63, 3.8) is 0 Å². The van der Waals surface area contributed by atoms with E-state index < -0.39 is 17.1 Å². The summed E-state index contributed by atoms with van der Waals surface area (Å²) in [7, 11) is 3.50. The van der Waals surface area contributed by atoms with E-state index in [-0.39, 0.29) is 31.0 Å². The summed E-state index contributed by atoms with van der Waals surface area (Å²) < 4.78 is 0. The Morgan fingerprint density at radius 2 is 1.97 bits per heavy atom. The minimum absolute atomic E-state index is 0.00652. The molecule has 2 fully saturated rings. The van der Waals surface area contributed by atoms with Crippen molar-refractivity contribution in [3.05, 3.63) is 58.7 Å². The van der Waals surface area contributed by atoms with Gasteiger partial charge in [0.2, 0.25) is 0 Å². The second-order valence-electron chi connectivity index (χ2n) is 11.9. The molecule has 3 aliphatic rings. The molecule has 1 aliphatic heterocycles. The molecule has 218 valence electrons. The first-order chi connectivity index (χ1) is 18.6. The number of hydrogen-bond donors (Lipinski definition) is 4. The van der Waals surface area contributed by atoms with Crippen molar-refractivity contribution in [1.29, 1.82) is 0 Å². The number of carbonyl (C=O) groups is 1. The van der Waals surface area contributed by atoms with E-state index >= 15 is 0 Å². The Hall–Kier alpha value is -1.09. The highest BCUT2D eigenvalue weighted by Crippen LogP contribution is 2.66. The monoisotopic (exact) mass is 576 g/mol. The summed E-state index contributed by atoms with van der Waals surface area (Å²) in [6.45, 7) is 10.0. The second-order valence-corrected chi connectivity index (χ2v) is 14.5. The Balaban J connectivity index is 2.03. The smallest absolute Gasteiger partial charge is 0.146 e. The maximum absolute atomic E-state index is 12.3. The summed E-state index contributed by atoms with van der Waals surface area (Å²) in [5.74, 6) is 1.11. The number of aliphatic hydroxyl groups is 4. The standard InChI is InChI=1S/C32H48O5S2/c1-22(2)8-5-9-23(3)10-6-11-24(19-34)28-18-26-21-39-38-17-14-25(20-35)27-13-15-31(4,37)32(26,30(28)36)29(27)12-7-16-33/h6,8,10-11,20,26,28-30,33-34,36-37H,3,5,7,9,12-19,21H2,1-2,4H3. The van der Waals surface area contributed by atoms with Gasteiger partial charge in [-0.2, -0.15) is 0 Å². The molecular formula is C32H48O5S2. The van der Waals surface area contributed by atoms with Crippen molar-refractivity contribution in [1.82, 2.24) is 0 Å². The van der Waals surface area contributed by atoms with Gasteiger partial charge < -0.3 is 20.4 Å². The van der Waals surface area contributed by atoms with Gasteiger partial charge >= 0.3 is 0 Å². The molecule has 0 aromatic rings. The van der Waals surface area contributed by atoms with E-state index in [1.165, 1.54) is 5.57 Å². The van der Waals surface area contributed by atoms with Crippen molar-refractivity contribution >= 4 is 27.9 Å². The Labute approximate surface area is 243 Å². The summed E-state index contributed by atoms with van der Waals surface area (Å²) in [5, 5.41) is 44.6. The number of fused-ring (bicyclic) bond motifs is 1. The minimum atomic E-state index is -1.15. The molecule has 5 nitrogen and oxygen atoms in total. The molecule has 6 unspecified atom stereocenters. The number of rotatable bonds is 11. The molecule has 6 atom stereocenters. The van der Waals surface area contributed by atoms with Crippen LogP contribution in [-0.4, -0.2) is 63.1 Å². The predicted molar refractivity (Wildman–Crippen MR) is 164 cm³/mol. The molecule has 1 heterocycles. The van der Waals surface area contributed by atoms with Crippen LogP contribution < -0.4 is 0 Å². The van der Waals surface area contributed by atoms with Crippen molar-refractivity contribution < 1.29 is 25.2 Å². The number of hydrogen-bond acceptors (Lipinski definition) is 7. The SMILES string of the molecule is C=C(C=CC=C(CO)C1CC2CSSCCC(C=O)=C3CCC(C)(O)C2(C3CCCO)C1O)CCC=C(C)C. The van der Waals surface area contributed by atoms with Crippen LogP contribution in [0.2, 0.25) is 0 Å². The lowest BCUT2D eigenvalue weighted by Gasteiger charge is -2.58. The average Bonchev–Trinajstić information content (AvgIpc) is 3.18. The van der Waals surface area contributed by atoms with Gasteiger partial charge in [-0.05, 0) is 95.1 Å². The zero-order valence-corrected chi connectivity index (χ0v) is 25.5. The van der Waals surface area contributed by atoms with Crippen LogP contribution in [0.25, 0.3) is 0 Å². The summed E-state index contributed by atoms with van der Waals surface area (Å²) in [4.78, 5) is 12.3. The van der Waals surface area contributed by atoms with E-state index in [0.717, 1.165) is 52.9 Å². The largest absolute Gasteiger partial charge is 0.396 e. The van der Waals surface area contributed by atoms with E-state index in [2.05, 4.69) is 26.5 Å². The van der Waals surface area contributed by atoms with Gasteiger partial charge in [-0.25, -0.2) is 0 Å². The molecule has 3 rings (SSSR count). The number of allylic oxidation sites excluding steroid dienone is 8. The maximum atomic E-state index is 12.3. The molecule has 2 bridgehead atoms. The molecule has 0 radical (unpaired) electrons. The molecule has 2 saturated carbocycles. The summed E-state index contributed by atoms with van der Waals surface area (Å²) in [6.07, 6.45) is 13.5. The zero-order chi connectivity index (χ0) is 28.6. The molecule has 0 aromatic carbocycles. The Bertz CT molecular complexity index is 991. The third-order valence-corrected chi connectivity index (χ3v) is 11.7. The molecule has 0 amide bonds. The van der Waals surface area contributed by atoms with Crippen LogP contribution in [0.3, 0.4) is 0 Å². The predicted octanol–water partition coefficient (Wildman–Crippen LogP) is 5.96. The number of carbonyl (C=O) groups excluding carboxylic acids is 1. The lowest BCUT2D eigenvalue weighted by Crippen LogP contribution is -2.62. The fourth-order valence-electron chi connectivity index (χ4n) is 7.41. The summed E-state index contributed by atoms with van der Waals surface area (Å²) in [6, 6.07) is 0. The second kappa shape index (κ2) is 14.7. The quantitative estimate of drug-likeness (QED) is 0.104. The molecule has 1 spiro atoms. The van der Waals surface area contributed by atoms with E-state index in [4.69, 9.17) is 0 Å². The summed E-state index contributed by atoms with van der Waals surface area (Å²) in [5.41, 5.74) is 2.89. The highest BCUT2D eigenvalue weighted by molar-refractivity contribution is 8.76. The molecule has 0 aromatic heterocycles. The van der Waals surface area contributed by atoms with Gasteiger partial charge in [-0.1, -0.05) is 69.2 Å². The lowest BCUT2D eigenvalue weighted by atomic mass is 9.50. The molecule has 4 N–H and O–H groups in total. The Morgan fingerprint density at radius 1 is 1.21 bits per heavy atom. The van der Waals surface area contributed by atoms with Crippen LogP contribution in [0.15, 0.2) is 58.7 Å². The van der Waals surface area contributed by atoms with Crippen LogP contribution in [0.1, 0.15) is 72.1 Å². The normalized spacial score (nSPS) is 33.7. The van der Waals surface area contributed by atoms with Crippen LogP contribution >= 0.6 is 21.6 Å². The van der Waals surface area contributed by atoms with E-state index in [1.54, 1.807) is 21.6 Å². The summed E-state index contributed by atoms with van der Waals surface area (Å²) >= 11 is 0.